The van der Waals surface area contributed by atoms with Gasteiger partial charge in [-0.1, -0.05) is 60.7 Å². The van der Waals surface area contributed by atoms with Crippen LogP contribution in [-0.4, -0.2) is 23.6 Å². The van der Waals surface area contributed by atoms with Crippen molar-refractivity contribution < 1.29 is 9.59 Å². The van der Waals surface area contributed by atoms with Gasteiger partial charge in [0.1, 0.15) is 0 Å². The molecule has 0 aliphatic heterocycles. The van der Waals surface area contributed by atoms with Gasteiger partial charge in [0.25, 0.3) is 5.91 Å². The molecule has 0 radical (unpaired) electrons. The van der Waals surface area contributed by atoms with Crippen LogP contribution in [-0.2, 0) is 9.59 Å². The number of hydrogen-bond acceptors (Lipinski definition) is 3. The summed E-state index contributed by atoms with van der Waals surface area (Å²) in [6, 6.07) is 19.7. The van der Waals surface area contributed by atoms with E-state index in [0.29, 0.717) is 23.6 Å². The molecule has 5 heteroatoms. The van der Waals surface area contributed by atoms with Crippen molar-refractivity contribution in [3.63, 3.8) is 0 Å². The lowest BCUT2D eigenvalue weighted by atomic mass is 9.54. The minimum Gasteiger partial charge on any atom is -0.352 e. The minimum atomic E-state index is -0.453. The van der Waals surface area contributed by atoms with E-state index in [2.05, 4.69) is 15.8 Å². The molecule has 2 aromatic rings. The predicted octanol–water partition coefficient (Wildman–Crippen LogP) is 4.64. The Hall–Kier alpha value is -2.95. The molecule has 172 valence electrons. The number of nitrogens with one attached hydrogen (secondary N) is 2. The van der Waals surface area contributed by atoms with E-state index in [1.54, 1.807) is 6.92 Å². The van der Waals surface area contributed by atoms with Crippen molar-refractivity contribution in [1.29, 1.82) is 0 Å². The van der Waals surface area contributed by atoms with Gasteiger partial charge >= 0.3 is 0 Å². The third-order valence-corrected chi connectivity index (χ3v) is 7.86. The molecule has 4 bridgehead atoms. The summed E-state index contributed by atoms with van der Waals surface area (Å²) in [5.74, 6) is 2.45. The lowest BCUT2D eigenvalue weighted by Gasteiger charge is -2.54. The fourth-order valence-electron chi connectivity index (χ4n) is 6.67. The van der Waals surface area contributed by atoms with Crippen molar-refractivity contribution in [2.45, 2.75) is 57.4 Å². The number of rotatable bonds is 7. The fraction of sp³-hybridized carbons (Fsp3) is 0.464. The second-order valence-electron chi connectivity index (χ2n) is 10.3. The zero-order valence-electron chi connectivity index (χ0n) is 19.2. The van der Waals surface area contributed by atoms with E-state index < -0.39 is 5.92 Å². The molecule has 2 amide bonds. The van der Waals surface area contributed by atoms with Gasteiger partial charge in [-0.3, -0.25) is 9.59 Å². The Bertz CT molecular complexity index is 950. The largest absolute Gasteiger partial charge is 0.352 e. The summed E-state index contributed by atoms with van der Waals surface area (Å²) in [4.78, 5) is 25.9. The van der Waals surface area contributed by atoms with Crippen LogP contribution in [0.5, 0.6) is 0 Å². The molecule has 2 aromatic carbocycles. The van der Waals surface area contributed by atoms with Gasteiger partial charge in [0.2, 0.25) is 5.91 Å². The second kappa shape index (κ2) is 9.50. The van der Waals surface area contributed by atoms with Gasteiger partial charge < -0.3 is 5.32 Å². The van der Waals surface area contributed by atoms with Gasteiger partial charge in [-0.15, -0.1) is 0 Å². The molecular weight excluding hydrogens is 410 g/mol. The Morgan fingerprint density at radius 2 is 1.36 bits per heavy atom. The molecule has 4 aliphatic carbocycles. The maximum Gasteiger partial charge on any atom is 0.252 e. The molecule has 0 unspecified atom stereocenters. The Morgan fingerprint density at radius 1 is 0.848 bits per heavy atom. The van der Waals surface area contributed by atoms with Crippen molar-refractivity contribution >= 4 is 17.5 Å². The van der Waals surface area contributed by atoms with Crippen molar-refractivity contribution in [3.05, 3.63) is 71.8 Å². The van der Waals surface area contributed by atoms with Crippen LogP contribution in [0.3, 0.4) is 0 Å². The van der Waals surface area contributed by atoms with Gasteiger partial charge in [-0.2, -0.15) is 5.10 Å². The minimum absolute atomic E-state index is 0.0191. The van der Waals surface area contributed by atoms with Gasteiger partial charge in [0.15, 0.2) is 0 Å². The maximum absolute atomic E-state index is 13.1. The first-order valence-corrected chi connectivity index (χ1v) is 12.3. The molecule has 0 atom stereocenters. The first kappa shape index (κ1) is 21.9. The molecule has 0 spiro atoms. The van der Waals surface area contributed by atoms with E-state index in [1.165, 1.54) is 32.1 Å². The number of carbonyl (C=O) groups is 2. The van der Waals surface area contributed by atoms with Gasteiger partial charge in [0, 0.05) is 11.8 Å². The number of carbonyl (C=O) groups excluding carboxylic acids is 2. The third kappa shape index (κ3) is 4.87. The molecule has 5 nitrogen and oxygen atoms in total. The number of hydrazone groups is 1. The Balaban J connectivity index is 1.20. The van der Waals surface area contributed by atoms with Crippen LogP contribution in [0.4, 0.5) is 0 Å². The number of nitrogens with zero attached hydrogens (tertiary/aromatic N) is 1. The summed E-state index contributed by atoms with van der Waals surface area (Å²) in [7, 11) is 0. The van der Waals surface area contributed by atoms with E-state index >= 15 is 0 Å². The van der Waals surface area contributed by atoms with Gasteiger partial charge in [-0.05, 0) is 73.8 Å². The highest BCUT2D eigenvalue weighted by Gasteiger charge is 2.48. The average Bonchev–Trinajstić information content (AvgIpc) is 2.81. The Labute approximate surface area is 196 Å². The van der Waals surface area contributed by atoms with E-state index in [4.69, 9.17) is 0 Å². The highest BCUT2D eigenvalue weighted by molar-refractivity contribution is 6.00. The predicted molar refractivity (Wildman–Crippen MR) is 130 cm³/mol. The van der Waals surface area contributed by atoms with Crippen LogP contribution in [0.15, 0.2) is 65.8 Å². The normalized spacial score (nSPS) is 28.1. The highest BCUT2D eigenvalue weighted by Crippen LogP contribution is 2.53. The SMILES string of the molecule is C/C(CC(=O)NC1C2CC3CC(C2)CC1C3)=N/NC(=O)C(c1ccccc1)c1ccccc1. The standard InChI is InChI=1S/C28H33N3O2/c1-18(12-25(32)29-27-23-14-19-13-20(16-23)17-24(27)15-19)30-31-28(33)26(21-8-4-2-5-9-21)22-10-6-3-7-11-22/h2-11,19-20,23-24,26-27H,12-17H2,1H3,(H,29,32)(H,31,33)/b30-18-. The summed E-state index contributed by atoms with van der Waals surface area (Å²) in [5, 5.41) is 7.60. The van der Waals surface area contributed by atoms with E-state index in [9.17, 15) is 9.59 Å². The quantitative estimate of drug-likeness (QED) is 0.483. The molecular formula is C28H33N3O2. The Kier molecular flexibility index (Phi) is 6.30. The first-order chi connectivity index (χ1) is 16.1. The van der Waals surface area contributed by atoms with Crippen LogP contribution >= 0.6 is 0 Å². The number of amides is 2. The van der Waals surface area contributed by atoms with Crippen molar-refractivity contribution in [1.82, 2.24) is 10.7 Å². The van der Waals surface area contributed by atoms with Gasteiger partial charge in [-0.25, -0.2) is 5.43 Å². The van der Waals surface area contributed by atoms with Crippen LogP contribution in [0.1, 0.15) is 62.5 Å². The van der Waals surface area contributed by atoms with Crippen LogP contribution in [0.25, 0.3) is 0 Å². The molecule has 4 saturated carbocycles. The first-order valence-electron chi connectivity index (χ1n) is 12.3. The molecule has 0 aromatic heterocycles. The number of benzene rings is 2. The van der Waals surface area contributed by atoms with Crippen LogP contribution in [0, 0.1) is 23.7 Å². The topological polar surface area (TPSA) is 70.6 Å². The molecule has 0 saturated heterocycles. The summed E-state index contributed by atoms with van der Waals surface area (Å²) >= 11 is 0. The zero-order chi connectivity index (χ0) is 22.8. The number of hydrogen-bond donors (Lipinski definition) is 2. The second-order valence-corrected chi connectivity index (χ2v) is 10.3. The molecule has 6 rings (SSSR count). The van der Waals surface area contributed by atoms with E-state index in [-0.39, 0.29) is 18.2 Å². The summed E-state index contributed by atoms with van der Waals surface area (Å²) in [6.07, 6.45) is 6.74. The van der Waals surface area contributed by atoms with Crippen LogP contribution < -0.4 is 10.7 Å². The van der Waals surface area contributed by atoms with Crippen LogP contribution in [0.2, 0.25) is 0 Å². The molecule has 33 heavy (non-hydrogen) atoms. The summed E-state index contributed by atoms with van der Waals surface area (Å²) in [6.45, 7) is 1.80. The smallest absolute Gasteiger partial charge is 0.252 e. The van der Waals surface area contributed by atoms with E-state index in [1.807, 2.05) is 60.7 Å². The highest BCUT2D eigenvalue weighted by atomic mass is 16.2. The van der Waals surface area contributed by atoms with Crippen molar-refractivity contribution in [2.24, 2.45) is 28.8 Å². The van der Waals surface area contributed by atoms with E-state index in [0.717, 1.165) is 23.0 Å². The third-order valence-electron chi connectivity index (χ3n) is 7.86. The summed E-state index contributed by atoms with van der Waals surface area (Å²) < 4.78 is 0. The Morgan fingerprint density at radius 3 is 1.88 bits per heavy atom. The summed E-state index contributed by atoms with van der Waals surface area (Å²) in [5.41, 5.74) is 5.15. The molecule has 4 aliphatic rings. The molecule has 2 N–H and O–H groups in total. The lowest BCUT2D eigenvalue weighted by Crippen LogP contribution is -2.56. The average molecular weight is 444 g/mol. The molecule has 4 fully saturated rings. The zero-order valence-corrected chi connectivity index (χ0v) is 19.2. The fourth-order valence-corrected chi connectivity index (χ4v) is 6.67. The van der Waals surface area contributed by atoms with Gasteiger partial charge in [0.05, 0.1) is 12.3 Å². The monoisotopic (exact) mass is 443 g/mol. The van der Waals surface area contributed by atoms with Crippen molar-refractivity contribution in [3.8, 4) is 0 Å². The molecule has 0 heterocycles. The lowest BCUT2D eigenvalue weighted by molar-refractivity contribution is -0.124. The van der Waals surface area contributed by atoms with Crippen molar-refractivity contribution in [2.75, 3.05) is 0 Å². The maximum atomic E-state index is 13.1.